The third kappa shape index (κ3) is 4.98. The fourth-order valence-electron chi connectivity index (χ4n) is 1.42. The summed E-state index contributed by atoms with van der Waals surface area (Å²) in [5.41, 5.74) is -2.90. The van der Waals surface area contributed by atoms with Crippen LogP contribution in [-0.2, 0) is 19.2 Å². The lowest BCUT2D eigenvalue weighted by Gasteiger charge is -2.32. The molecule has 0 aromatic rings. The molecule has 0 aromatic carbocycles. The smallest absolute Gasteiger partial charge is 0.213 e. The van der Waals surface area contributed by atoms with Crippen LogP contribution in [0.25, 0.3) is 0 Å². The summed E-state index contributed by atoms with van der Waals surface area (Å²) in [5, 5.41) is 29.4. The number of ketones is 4. The van der Waals surface area contributed by atoms with E-state index in [-0.39, 0.29) is 0 Å². The normalized spacial score (nSPS) is 16.7. The van der Waals surface area contributed by atoms with Crippen molar-refractivity contribution in [2.24, 2.45) is 0 Å². The van der Waals surface area contributed by atoms with Gasteiger partial charge in [-0.25, -0.2) is 0 Å². The summed E-state index contributed by atoms with van der Waals surface area (Å²) in [5.74, 6) is -6.90. The van der Waals surface area contributed by atoms with Crippen molar-refractivity contribution in [2.45, 2.75) is 24.2 Å². The van der Waals surface area contributed by atoms with Crippen LogP contribution in [-0.4, -0.2) is 73.9 Å². The quantitative estimate of drug-likeness (QED) is 0.329. The minimum atomic E-state index is -2.90. The number of hydrogen-bond acceptors (Lipinski definition) is 7. The number of carbonyl (C=O) groups is 4. The van der Waals surface area contributed by atoms with Gasteiger partial charge in [0.25, 0.3) is 0 Å². The molecule has 120 valence electrons. The van der Waals surface area contributed by atoms with Gasteiger partial charge >= 0.3 is 0 Å². The van der Waals surface area contributed by atoms with Gasteiger partial charge in [-0.15, -0.1) is 34.8 Å². The Hall–Kier alpha value is -0.570. The summed E-state index contributed by atoms with van der Waals surface area (Å²) < 4.78 is 0. The average molecular weight is 364 g/mol. The number of carbonyl (C=O) groups excluding carboxylic acids is 4. The first kappa shape index (κ1) is 20.4. The van der Waals surface area contributed by atoms with Crippen molar-refractivity contribution in [3.63, 3.8) is 0 Å². The van der Waals surface area contributed by atoms with Crippen LogP contribution >= 0.6 is 34.8 Å². The molecular formula is C11H13Cl3O7. The summed E-state index contributed by atoms with van der Waals surface area (Å²) in [4.78, 5) is 45.5. The van der Waals surface area contributed by atoms with Crippen LogP contribution in [0.15, 0.2) is 0 Å². The molecule has 3 atom stereocenters. The van der Waals surface area contributed by atoms with Gasteiger partial charge in [-0.1, -0.05) is 0 Å². The lowest BCUT2D eigenvalue weighted by molar-refractivity contribution is -0.168. The first-order chi connectivity index (χ1) is 9.65. The maximum atomic E-state index is 11.6. The van der Waals surface area contributed by atoms with Gasteiger partial charge in [-0.05, 0) is 0 Å². The second-order valence-corrected chi connectivity index (χ2v) is 4.93. The lowest BCUT2D eigenvalue weighted by atomic mass is 9.82. The zero-order valence-electron chi connectivity index (χ0n) is 10.6. The molecule has 3 N–H and O–H groups in total. The van der Waals surface area contributed by atoms with Crippen molar-refractivity contribution >= 4 is 57.9 Å². The molecule has 0 rings (SSSR count). The predicted octanol–water partition coefficient (Wildman–Crippen LogP) is -1.18. The highest BCUT2D eigenvalue weighted by Crippen LogP contribution is 2.22. The van der Waals surface area contributed by atoms with Gasteiger partial charge in [-0.3, -0.25) is 19.2 Å². The van der Waals surface area contributed by atoms with Crippen LogP contribution in [0.2, 0.25) is 0 Å². The van der Waals surface area contributed by atoms with Gasteiger partial charge in [0.05, 0.1) is 24.1 Å². The van der Waals surface area contributed by atoms with Crippen LogP contribution in [0.1, 0.15) is 6.42 Å². The van der Waals surface area contributed by atoms with Gasteiger partial charge in [0, 0.05) is 0 Å². The van der Waals surface area contributed by atoms with Crippen LogP contribution in [0.5, 0.6) is 0 Å². The number of aliphatic hydroxyl groups is 3. The van der Waals surface area contributed by atoms with E-state index in [4.69, 9.17) is 34.8 Å². The molecule has 0 radical (unpaired) electrons. The Bertz CT molecular complexity index is 440. The van der Waals surface area contributed by atoms with Crippen molar-refractivity contribution in [3.05, 3.63) is 0 Å². The SMILES string of the molecule is O=C(CCl)C(=O)C[C@@](O)(C(=O)CCl)[C@H](O)C(O)C(=O)CCl. The monoisotopic (exact) mass is 362 g/mol. The van der Waals surface area contributed by atoms with Crippen LogP contribution < -0.4 is 0 Å². The zero-order chi connectivity index (χ0) is 16.8. The van der Waals surface area contributed by atoms with Crippen molar-refractivity contribution in [3.8, 4) is 0 Å². The van der Waals surface area contributed by atoms with E-state index >= 15 is 0 Å². The second kappa shape index (κ2) is 8.77. The highest BCUT2D eigenvalue weighted by molar-refractivity contribution is 6.47. The second-order valence-electron chi connectivity index (χ2n) is 4.13. The Kier molecular flexibility index (Phi) is 8.53. The van der Waals surface area contributed by atoms with E-state index in [0.29, 0.717) is 0 Å². The molecule has 0 amide bonds. The van der Waals surface area contributed by atoms with E-state index in [1.54, 1.807) is 0 Å². The van der Waals surface area contributed by atoms with E-state index in [1.165, 1.54) is 0 Å². The first-order valence-electron chi connectivity index (χ1n) is 5.54. The minimum Gasteiger partial charge on any atom is -0.386 e. The Labute approximate surface area is 134 Å². The van der Waals surface area contributed by atoms with Crippen LogP contribution in [0.4, 0.5) is 0 Å². The summed E-state index contributed by atoms with van der Waals surface area (Å²) in [6.45, 7) is 0. The molecule has 21 heavy (non-hydrogen) atoms. The average Bonchev–Trinajstić information content (AvgIpc) is 2.50. The van der Waals surface area contributed by atoms with E-state index in [1.807, 2.05) is 0 Å². The number of aliphatic hydroxyl groups excluding tert-OH is 2. The molecule has 0 fully saturated rings. The van der Waals surface area contributed by atoms with Gasteiger partial charge in [-0.2, -0.15) is 0 Å². The van der Waals surface area contributed by atoms with Gasteiger partial charge in [0.2, 0.25) is 11.6 Å². The molecule has 1 unspecified atom stereocenters. The number of alkyl halides is 3. The number of hydrogen-bond donors (Lipinski definition) is 3. The lowest BCUT2D eigenvalue weighted by Crippen LogP contribution is -2.58. The number of rotatable bonds is 10. The topological polar surface area (TPSA) is 129 Å². The summed E-state index contributed by atoms with van der Waals surface area (Å²) in [6.07, 6.45) is -5.77. The Balaban J connectivity index is 5.44. The van der Waals surface area contributed by atoms with Crippen molar-refractivity contribution in [2.75, 3.05) is 17.6 Å². The molecule has 0 aliphatic heterocycles. The zero-order valence-corrected chi connectivity index (χ0v) is 12.9. The highest BCUT2D eigenvalue weighted by Gasteiger charge is 2.49. The van der Waals surface area contributed by atoms with Crippen LogP contribution in [0.3, 0.4) is 0 Å². The largest absolute Gasteiger partial charge is 0.386 e. The molecule has 0 aliphatic rings. The summed E-state index contributed by atoms with van der Waals surface area (Å²) in [6, 6.07) is 0. The maximum absolute atomic E-state index is 11.6. The van der Waals surface area contributed by atoms with Crippen molar-refractivity contribution in [1.82, 2.24) is 0 Å². The Morgan fingerprint density at radius 2 is 1.43 bits per heavy atom. The predicted molar refractivity (Wildman–Crippen MR) is 73.8 cm³/mol. The van der Waals surface area contributed by atoms with Crippen LogP contribution in [0, 0.1) is 0 Å². The molecule has 0 saturated heterocycles. The van der Waals surface area contributed by atoms with E-state index in [2.05, 4.69) is 0 Å². The Morgan fingerprint density at radius 1 is 0.905 bits per heavy atom. The van der Waals surface area contributed by atoms with Crippen molar-refractivity contribution < 1.29 is 34.5 Å². The van der Waals surface area contributed by atoms with Crippen molar-refractivity contribution in [1.29, 1.82) is 0 Å². The molecule has 0 saturated carbocycles. The van der Waals surface area contributed by atoms with Gasteiger partial charge in [0.15, 0.2) is 17.2 Å². The molecular weight excluding hydrogens is 350 g/mol. The number of Topliss-reactive ketones (excluding diaryl/α,β-unsaturated/α-hetero) is 4. The Morgan fingerprint density at radius 3 is 1.81 bits per heavy atom. The van der Waals surface area contributed by atoms with Gasteiger partial charge < -0.3 is 15.3 Å². The summed E-state index contributed by atoms with van der Waals surface area (Å²) in [7, 11) is 0. The molecule has 10 heteroatoms. The summed E-state index contributed by atoms with van der Waals surface area (Å²) >= 11 is 15.6. The molecule has 0 aromatic heterocycles. The third-order valence-corrected chi connectivity index (χ3v) is 3.47. The van der Waals surface area contributed by atoms with E-state index < -0.39 is 65.0 Å². The highest BCUT2D eigenvalue weighted by atomic mass is 35.5. The fraction of sp³-hybridized carbons (Fsp3) is 0.636. The van der Waals surface area contributed by atoms with E-state index in [0.717, 1.165) is 0 Å². The molecule has 0 heterocycles. The third-order valence-electron chi connectivity index (χ3n) is 2.72. The fourth-order valence-corrected chi connectivity index (χ4v) is 1.96. The van der Waals surface area contributed by atoms with Gasteiger partial charge in [0.1, 0.15) is 12.2 Å². The molecule has 0 aliphatic carbocycles. The molecule has 7 nitrogen and oxygen atoms in total. The maximum Gasteiger partial charge on any atom is 0.213 e. The first-order valence-corrected chi connectivity index (χ1v) is 7.14. The molecule has 0 bridgehead atoms. The number of halogens is 3. The molecule has 0 spiro atoms. The standard InChI is InChI=1S/C11H13Cl3O7/c12-2-6(16)5(15)1-11(21,8(18)4-14)10(20)9(19)7(17)3-13/h9-10,19-21H,1-4H2/t9?,10-,11-/m1/s1. The van der Waals surface area contributed by atoms with E-state index in [9.17, 15) is 34.5 Å². The minimum absolute atomic E-state index is 0.691.